The fourth-order valence-corrected chi connectivity index (χ4v) is 3.33. The number of rotatable bonds is 4. The summed E-state index contributed by atoms with van der Waals surface area (Å²) in [6.45, 7) is 0.397. The summed E-state index contributed by atoms with van der Waals surface area (Å²) in [5, 5.41) is 0. The van der Waals surface area contributed by atoms with Gasteiger partial charge in [0.25, 0.3) is 5.91 Å². The van der Waals surface area contributed by atoms with E-state index in [9.17, 15) is 9.59 Å². The van der Waals surface area contributed by atoms with E-state index in [0.29, 0.717) is 6.54 Å². The SMILES string of the molecule is COC(=O)CCN(C)C(=O)c1cc2c(s1)CCC2. The van der Waals surface area contributed by atoms with Gasteiger partial charge in [0.2, 0.25) is 0 Å². The molecule has 4 nitrogen and oxygen atoms in total. The Morgan fingerprint density at radius 2 is 2.22 bits per heavy atom. The lowest BCUT2D eigenvalue weighted by atomic mass is 10.2. The number of nitrogens with zero attached hydrogens (tertiary/aromatic N) is 1. The average Bonchev–Trinajstić information content (AvgIpc) is 2.94. The van der Waals surface area contributed by atoms with Gasteiger partial charge in [0.1, 0.15) is 0 Å². The molecule has 0 saturated carbocycles. The maximum absolute atomic E-state index is 12.1. The summed E-state index contributed by atoms with van der Waals surface area (Å²) < 4.78 is 4.56. The third-order valence-electron chi connectivity index (χ3n) is 3.18. The van der Waals surface area contributed by atoms with Crippen LogP contribution >= 0.6 is 11.3 Å². The van der Waals surface area contributed by atoms with Crippen LogP contribution < -0.4 is 0 Å². The first-order chi connectivity index (χ1) is 8.61. The summed E-state index contributed by atoms with van der Waals surface area (Å²) in [7, 11) is 3.07. The largest absolute Gasteiger partial charge is 0.469 e. The number of carbonyl (C=O) groups excluding carboxylic acids is 2. The molecule has 0 unspecified atom stereocenters. The summed E-state index contributed by atoms with van der Waals surface area (Å²) in [5.41, 5.74) is 1.32. The number of fused-ring (bicyclic) bond motifs is 1. The minimum absolute atomic E-state index is 0.00157. The topological polar surface area (TPSA) is 46.6 Å². The molecule has 0 saturated heterocycles. The Kier molecular flexibility index (Phi) is 4.01. The van der Waals surface area contributed by atoms with Crippen LogP contribution in [0.1, 0.15) is 33.0 Å². The van der Waals surface area contributed by atoms with Crippen LogP contribution in [0.3, 0.4) is 0 Å². The zero-order chi connectivity index (χ0) is 13.1. The average molecular weight is 267 g/mol. The zero-order valence-electron chi connectivity index (χ0n) is 10.7. The molecular weight excluding hydrogens is 250 g/mol. The number of ether oxygens (including phenoxy) is 1. The van der Waals surface area contributed by atoms with E-state index in [4.69, 9.17) is 0 Å². The van der Waals surface area contributed by atoms with Gasteiger partial charge < -0.3 is 9.64 Å². The van der Waals surface area contributed by atoms with E-state index >= 15 is 0 Å². The number of thiophene rings is 1. The standard InChI is InChI=1S/C13H17NO3S/c1-14(7-6-12(15)17-2)13(16)11-8-9-4-3-5-10(9)18-11/h8H,3-7H2,1-2H3. The zero-order valence-corrected chi connectivity index (χ0v) is 11.5. The second-order valence-electron chi connectivity index (χ2n) is 4.47. The Morgan fingerprint density at radius 3 is 2.89 bits per heavy atom. The van der Waals surface area contributed by atoms with Crippen molar-refractivity contribution in [2.75, 3.05) is 20.7 Å². The molecule has 1 aliphatic rings. The van der Waals surface area contributed by atoms with Gasteiger partial charge in [-0.05, 0) is 30.9 Å². The van der Waals surface area contributed by atoms with Crippen molar-refractivity contribution in [1.82, 2.24) is 4.90 Å². The number of esters is 1. The highest BCUT2D eigenvalue weighted by molar-refractivity contribution is 7.14. The molecular formula is C13H17NO3S. The smallest absolute Gasteiger partial charge is 0.307 e. The van der Waals surface area contributed by atoms with Crippen LogP contribution in [0.25, 0.3) is 0 Å². The minimum atomic E-state index is -0.289. The van der Waals surface area contributed by atoms with Crippen molar-refractivity contribution in [3.8, 4) is 0 Å². The number of amides is 1. The molecule has 2 rings (SSSR count). The van der Waals surface area contributed by atoms with Crippen LogP contribution in [-0.2, 0) is 22.4 Å². The quantitative estimate of drug-likeness (QED) is 0.782. The normalized spacial score (nSPS) is 13.2. The van der Waals surface area contributed by atoms with Crippen LogP contribution in [0, 0.1) is 0 Å². The van der Waals surface area contributed by atoms with Gasteiger partial charge in [-0.15, -0.1) is 11.3 Å². The molecule has 0 atom stereocenters. The molecule has 0 aromatic carbocycles. The lowest BCUT2D eigenvalue weighted by Crippen LogP contribution is -2.28. The first kappa shape index (κ1) is 13.1. The molecule has 1 aromatic rings. The first-order valence-electron chi connectivity index (χ1n) is 6.05. The summed E-state index contributed by atoms with van der Waals surface area (Å²) in [6, 6.07) is 2.00. The Bertz CT molecular complexity index is 445. The monoisotopic (exact) mass is 267 g/mol. The van der Waals surface area contributed by atoms with Crippen LogP contribution in [-0.4, -0.2) is 37.5 Å². The van der Waals surface area contributed by atoms with Gasteiger partial charge in [-0.1, -0.05) is 0 Å². The lowest BCUT2D eigenvalue weighted by Gasteiger charge is -2.15. The molecule has 1 aromatic heterocycles. The Labute approximate surface area is 111 Å². The molecule has 0 spiro atoms. The molecule has 18 heavy (non-hydrogen) atoms. The van der Waals surface area contributed by atoms with Crippen molar-refractivity contribution in [3.05, 3.63) is 21.4 Å². The fourth-order valence-electron chi connectivity index (χ4n) is 2.09. The molecule has 1 aliphatic carbocycles. The highest BCUT2D eigenvalue weighted by atomic mass is 32.1. The second-order valence-corrected chi connectivity index (χ2v) is 5.60. The Balaban J connectivity index is 1.95. The second kappa shape index (κ2) is 5.52. The van der Waals surface area contributed by atoms with Crippen molar-refractivity contribution in [3.63, 3.8) is 0 Å². The highest BCUT2D eigenvalue weighted by Gasteiger charge is 2.20. The van der Waals surface area contributed by atoms with Gasteiger partial charge in [-0.25, -0.2) is 0 Å². The van der Waals surface area contributed by atoms with E-state index in [1.165, 1.54) is 24.0 Å². The number of methoxy groups -OCH3 is 1. The van der Waals surface area contributed by atoms with E-state index in [2.05, 4.69) is 4.74 Å². The predicted molar refractivity (Wildman–Crippen MR) is 69.9 cm³/mol. The van der Waals surface area contributed by atoms with E-state index in [1.807, 2.05) is 6.07 Å². The van der Waals surface area contributed by atoms with Crippen molar-refractivity contribution in [1.29, 1.82) is 0 Å². The highest BCUT2D eigenvalue weighted by Crippen LogP contribution is 2.31. The van der Waals surface area contributed by atoms with Gasteiger partial charge >= 0.3 is 5.97 Å². The molecule has 0 N–H and O–H groups in total. The maximum atomic E-state index is 12.1. The molecule has 1 heterocycles. The molecule has 1 amide bonds. The summed E-state index contributed by atoms with van der Waals surface area (Å²) in [4.78, 5) is 26.9. The number of carbonyl (C=O) groups is 2. The van der Waals surface area contributed by atoms with Gasteiger partial charge in [0.05, 0.1) is 18.4 Å². The molecule has 0 aliphatic heterocycles. The summed E-state index contributed by atoms with van der Waals surface area (Å²) in [6.07, 6.45) is 3.63. The third kappa shape index (κ3) is 2.72. The van der Waals surface area contributed by atoms with E-state index in [1.54, 1.807) is 23.3 Å². The van der Waals surface area contributed by atoms with Crippen molar-refractivity contribution >= 4 is 23.2 Å². The lowest BCUT2D eigenvalue weighted by molar-refractivity contribution is -0.140. The van der Waals surface area contributed by atoms with Crippen LogP contribution in [0.5, 0.6) is 0 Å². The first-order valence-corrected chi connectivity index (χ1v) is 6.87. The van der Waals surface area contributed by atoms with Crippen LogP contribution in [0.15, 0.2) is 6.07 Å². The minimum Gasteiger partial charge on any atom is -0.469 e. The van der Waals surface area contributed by atoms with Crippen LogP contribution in [0.4, 0.5) is 0 Å². The van der Waals surface area contributed by atoms with Gasteiger partial charge in [0, 0.05) is 18.5 Å². The fraction of sp³-hybridized carbons (Fsp3) is 0.538. The van der Waals surface area contributed by atoms with Crippen molar-refractivity contribution < 1.29 is 14.3 Å². The van der Waals surface area contributed by atoms with Gasteiger partial charge in [0.15, 0.2) is 0 Å². The molecule has 5 heteroatoms. The number of hydrogen-bond acceptors (Lipinski definition) is 4. The van der Waals surface area contributed by atoms with E-state index in [0.717, 1.165) is 17.7 Å². The molecule has 0 radical (unpaired) electrons. The van der Waals surface area contributed by atoms with E-state index < -0.39 is 0 Å². The van der Waals surface area contributed by atoms with Crippen molar-refractivity contribution in [2.45, 2.75) is 25.7 Å². The van der Waals surface area contributed by atoms with Gasteiger partial charge in [-0.3, -0.25) is 9.59 Å². The molecule has 98 valence electrons. The van der Waals surface area contributed by atoms with Crippen molar-refractivity contribution in [2.24, 2.45) is 0 Å². The van der Waals surface area contributed by atoms with E-state index in [-0.39, 0.29) is 18.3 Å². The maximum Gasteiger partial charge on any atom is 0.307 e. The Morgan fingerprint density at radius 1 is 1.44 bits per heavy atom. The number of aryl methyl sites for hydroxylation is 2. The van der Waals surface area contributed by atoms with Crippen LogP contribution in [0.2, 0.25) is 0 Å². The Hall–Kier alpha value is -1.36. The summed E-state index contributed by atoms with van der Waals surface area (Å²) >= 11 is 1.59. The number of hydrogen-bond donors (Lipinski definition) is 0. The molecule has 0 bridgehead atoms. The third-order valence-corrected chi connectivity index (χ3v) is 4.41. The predicted octanol–water partition coefficient (Wildman–Crippen LogP) is 1.87. The van der Waals surface area contributed by atoms with Gasteiger partial charge in [-0.2, -0.15) is 0 Å². The molecule has 0 fully saturated rings. The summed E-state index contributed by atoms with van der Waals surface area (Å²) in [5.74, 6) is -0.290.